The van der Waals surface area contributed by atoms with E-state index in [2.05, 4.69) is 15.9 Å². The van der Waals surface area contributed by atoms with Crippen molar-refractivity contribution in [2.75, 3.05) is 7.11 Å². The van der Waals surface area contributed by atoms with E-state index in [0.717, 1.165) is 5.56 Å². The van der Waals surface area contributed by atoms with E-state index in [9.17, 15) is 4.39 Å². The molecule has 1 rings (SSSR count). The Morgan fingerprint density at radius 3 is 2.75 bits per heavy atom. The lowest BCUT2D eigenvalue weighted by Gasteiger charge is -2.05. The molecule has 0 bridgehead atoms. The number of nitrogens with two attached hydrogens (primary N) is 1. The molecule has 0 aromatic heterocycles. The highest BCUT2D eigenvalue weighted by Crippen LogP contribution is 2.25. The minimum atomic E-state index is -0.387. The summed E-state index contributed by atoms with van der Waals surface area (Å²) in [7, 11) is 1.42. The first-order chi connectivity index (χ1) is 5.69. The second kappa shape index (κ2) is 3.87. The first kappa shape index (κ1) is 9.48. The lowest BCUT2D eigenvalue weighted by atomic mass is 10.2. The van der Waals surface area contributed by atoms with E-state index in [-0.39, 0.29) is 11.6 Å². The Morgan fingerprint density at radius 1 is 1.58 bits per heavy atom. The minimum absolute atomic E-state index is 0.221. The number of halogens is 2. The molecule has 0 saturated carbocycles. The van der Waals surface area contributed by atoms with Gasteiger partial charge in [-0.1, -0.05) is 15.9 Å². The van der Waals surface area contributed by atoms with E-state index >= 15 is 0 Å². The summed E-state index contributed by atoms with van der Waals surface area (Å²) in [6.07, 6.45) is 0. The minimum Gasteiger partial charge on any atom is -0.494 e. The summed E-state index contributed by atoms with van der Waals surface area (Å²) < 4.78 is 18.4. The molecule has 12 heavy (non-hydrogen) atoms. The summed E-state index contributed by atoms with van der Waals surface area (Å²) in [6, 6.07) is 2.93. The summed E-state index contributed by atoms with van der Waals surface area (Å²) in [5.74, 6) is -0.166. The predicted molar refractivity (Wildman–Crippen MR) is 48.5 cm³/mol. The molecule has 0 spiro atoms. The summed E-state index contributed by atoms with van der Waals surface area (Å²) in [4.78, 5) is 0. The Labute approximate surface area is 78.6 Å². The molecule has 0 fully saturated rings. The molecule has 66 valence electrons. The van der Waals surface area contributed by atoms with Gasteiger partial charge < -0.3 is 10.5 Å². The first-order valence-corrected chi connectivity index (χ1v) is 4.20. The van der Waals surface area contributed by atoms with E-state index in [0.29, 0.717) is 11.0 Å². The first-order valence-electron chi connectivity index (χ1n) is 3.41. The van der Waals surface area contributed by atoms with E-state index in [1.165, 1.54) is 13.2 Å². The average molecular weight is 234 g/mol. The van der Waals surface area contributed by atoms with Crippen LogP contribution < -0.4 is 10.5 Å². The average Bonchev–Trinajstić information content (AvgIpc) is 2.05. The molecule has 0 aliphatic heterocycles. The van der Waals surface area contributed by atoms with E-state index in [1.54, 1.807) is 6.07 Å². The third kappa shape index (κ3) is 1.76. The highest BCUT2D eigenvalue weighted by molar-refractivity contribution is 9.10. The van der Waals surface area contributed by atoms with Crippen LogP contribution in [0.1, 0.15) is 5.56 Å². The summed E-state index contributed by atoms with van der Waals surface area (Å²) in [5.41, 5.74) is 6.24. The van der Waals surface area contributed by atoms with Crippen LogP contribution in [-0.2, 0) is 6.54 Å². The van der Waals surface area contributed by atoms with Crippen LogP contribution in [0.4, 0.5) is 4.39 Å². The Morgan fingerprint density at radius 2 is 2.25 bits per heavy atom. The number of hydrogen-bond acceptors (Lipinski definition) is 2. The van der Waals surface area contributed by atoms with Crippen molar-refractivity contribution >= 4 is 15.9 Å². The molecule has 0 aliphatic carbocycles. The Kier molecular flexibility index (Phi) is 3.05. The Hall–Kier alpha value is -0.610. The fourth-order valence-electron chi connectivity index (χ4n) is 0.884. The normalized spacial score (nSPS) is 10.0. The maximum absolute atomic E-state index is 13.0. The van der Waals surface area contributed by atoms with Crippen LogP contribution >= 0.6 is 15.9 Å². The number of benzene rings is 1. The highest BCUT2D eigenvalue weighted by atomic mass is 79.9. The van der Waals surface area contributed by atoms with Gasteiger partial charge in [0, 0.05) is 11.0 Å². The molecule has 4 heteroatoms. The van der Waals surface area contributed by atoms with Crippen molar-refractivity contribution in [1.29, 1.82) is 0 Å². The van der Waals surface area contributed by atoms with E-state index in [1.807, 2.05) is 0 Å². The van der Waals surface area contributed by atoms with Crippen LogP contribution in [0.25, 0.3) is 0 Å². The number of rotatable bonds is 2. The molecule has 0 amide bonds. The quantitative estimate of drug-likeness (QED) is 0.849. The van der Waals surface area contributed by atoms with E-state index in [4.69, 9.17) is 10.5 Å². The fraction of sp³-hybridized carbons (Fsp3) is 0.250. The molecule has 0 unspecified atom stereocenters. The molecule has 2 nitrogen and oxygen atoms in total. The van der Waals surface area contributed by atoms with Crippen LogP contribution in [0, 0.1) is 5.82 Å². The second-order valence-corrected chi connectivity index (χ2v) is 3.14. The monoisotopic (exact) mass is 233 g/mol. The van der Waals surface area contributed by atoms with Gasteiger partial charge in [-0.3, -0.25) is 0 Å². The van der Waals surface area contributed by atoms with Gasteiger partial charge in [-0.25, -0.2) is 4.39 Å². The van der Waals surface area contributed by atoms with Crippen LogP contribution in [0.3, 0.4) is 0 Å². The molecule has 1 aromatic carbocycles. The molecule has 0 heterocycles. The lowest BCUT2D eigenvalue weighted by molar-refractivity contribution is 0.385. The number of ether oxygens (including phenoxy) is 1. The van der Waals surface area contributed by atoms with Crippen molar-refractivity contribution in [3.8, 4) is 5.75 Å². The van der Waals surface area contributed by atoms with Gasteiger partial charge in [0.25, 0.3) is 0 Å². The van der Waals surface area contributed by atoms with Gasteiger partial charge in [0.1, 0.15) is 0 Å². The third-order valence-electron chi connectivity index (χ3n) is 1.54. The summed E-state index contributed by atoms with van der Waals surface area (Å²) >= 11 is 3.20. The van der Waals surface area contributed by atoms with E-state index < -0.39 is 0 Å². The molecule has 0 radical (unpaired) electrons. The zero-order valence-corrected chi connectivity index (χ0v) is 8.19. The van der Waals surface area contributed by atoms with Gasteiger partial charge in [-0.15, -0.1) is 0 Å². The second-order valence-electron chi connectivity index (χ2n) is 2.28. The summed E-state index contributed by atoms with van der Waals surface area (Å²) in [6.45, 7) is 0.358. The van der Waals surface area contributed by atoms with Gasteiger partial charge >= 0.3 is 0 Å². The van der Waals surface area contributed by atoms with Gasteiger partial charge in [0.2, 0.25) is 0 Å². The van der Waals surface area contributed by atoms with Crippen molar-refractivity contribution in [3.63, 3.8) is 0 Å². The van der Waals surface area contributed by atoms with Crippen molar-refractivity contribution in [2.24, 2.45) is 5.73 Å². The maximum atomic E-state index is 13.0. The van der Waals surface area contributed by atoms with Gasteiger partial charge in [-0.2, -0.15) is 0 Å². The molecular weight excluding hydrogens is 225 g/mol. The maximum Gasteiger partial charge on any atom is 0.166 e. The van der Waals surface area contributed by atoms with Gasteiger partial charge in [0.15, 0.2) is 11.6 Å². The number of hydrogen-bond donors (Lipinski definition) is 1. The molecule has 0 saturated heterocycles. The van der Waals surface area contributed by atoms with Gasteiger partial charge in [-0.05, 0) is 17.7 Å². The van der Waals surface area contributed by atoms with Crippen LogP contribution in [-0.4, -0.2) is 7.11 Å². The highest BCUT2D eigenvalue weighted by Gasteiger charge is 2.06. The molecule has 1 aromatic rings. The lowest BCUT2D eigenvalue weighted by Crippen LogP contribution is -1.99. The van der Waals surface area contributed by atoms with Crippen molar-refractivity contribution in [2.45, 2.75) is 6.54 Å². The predicted octanol–water partition coefficient (Wildman–Crippen LogP) is 2.06. The van der Waals surface area contributed by atoms with Crippen LogP contribution in [0.2, 0.25) is 0 Å². The third-order valence-corrected chi connectivity index (χ3v) is 2.28. The van der Waals surface area contributed by atoms with Crippen LogP contribution in [0.5, 0.6) is 5.75 Å². The Bertz CT molecular complexity index is 265. The molecule has 2 N–H and O–H groups in total. The standard InChI is InChI=1S/C8H9BrFNO/c1-12-8-2-5(4-11)6(9)3-7(8)10/h2-3H,4,11H2,1H3. The van der Waals surface area contributed by atoms with Crippen molar-refractivity contribution in [1.82, 2.24) is 0 Å². The largest absolute Gasteiger partial charge is 0.494 e. The SMILES string of the molecule is COc1cc(CN)c(Br)cc1F. The van der Waals surface area contributed by atoms with Crippen molar-refractivity contribution in [3.05, 3.63) is 28.0 Å². The van der Waals surface area contributed by atoms with Crippen molar-refractivity contribution < 1.29 is 9.13 Å². The van der Waals surface area contributed by atoms with Crippen LogP contribution in [0.15, 0.2) is 16.6 Å². The summed E-state index contributed by atoms with van der Waals surface area (Å²) in [5, 5.41) is 0. The topological polar surface area (TPSA) is 35.2 Å². The molecular formula is C8H9BrFNO. The smallest absolute Gasteiger partial charge is 0.166 e. The zero-order chi connectivity index (χ0) is 9.14. The number of methoxy groups -OCH3 is 1. The zero-order valence-electron chi connectivity index (χ0n) is 6.60. The van der Waals surface area contributed by atoms with Gasteiger partial charge in [0.05, 0.1) is 7.11 Å². The molecule has 0 atom stereocenters. The Balaban J connectivity index is 3.18. The molecule has 0 aliphatic rings. The fourth-order valence-corrected chi connectivity index (χ4v) is 1.36.